The summed E-state index contributed by atoms with van der Waals surface area (Å²) in [4.78, 5) is 14.3. The molecule has 1 aromatic carbocycles. The number of carbonyl (C=O) groups excluding carboxylic acids is 1. The highest BCUT2D eigenvalue weighted by molar-refractivity contribution is 5.76. The van der Waals surface area contributed by atoms with Crippen LogP contribution in [0.4, 0.5) is 0 Å². The van der Waals surface area contributed by atoms with Gasteiger partial charge in [-0.15, -0.1) is 0 Å². The number of hydrogen-bond donors (Lipinski definition) is 1. The number of methoxy groups -OCH3 is 1. The largest absolute Gasteiger partial charge is 0.493 e. The lowest BCUT2D eigenvalue weighted by molar-refractivity contribution is -0.130. The zero-order valence-electron chi connectivity index (χ0n) is 13.6. The summed E-state index contributed by atoms with van der Waals surface area (Å²) >= 11 is 0. The van der Waals surface area contributed by atoms with Crippen LogP contribution in [-0.2, 0) is 11.2 Å². The zero-order valence-corrected chi connectivity index (χ0v) is 13.6. The molecular weight excluding hydrogens is 280 g/mol. The van der Waals surface area contributed by atoms with Gasteiger partial charge in [-0.25, -0.2) is 0 Å². The second-order valence-corrected chi connectivity index (χ2v) is 5.40. The lowest BCUT2D eigenvalue weighted by atomic mass is 10.1. The normalized spacial score (nSPS) is 15.3. The highest BCUT2D eigenvalue weighted by Crippen LogP contribution is 2.28. The van der Waals surface area contributed by atoms with Crippen molar-refractivity contribution in [2.45, 2.75) is 26.2 Å². The van der Waals surface area contributed by atoms with Crippen LogP contribution in [0.3, 0.4) is 0 Å². The molecule has 22 heavy (non-hydrogen) atoms. The van der Waals surface area contributed by atoms with E-state index in [1.54, 1.807) is 7.11 Å². The van der Waals surface area contributed by atoms with Crippen LogP contribution in [0.25, 0.3) is 0 Å². The minimum Gasteiger partial charge on any atom is -0.493 e. The number of nitrogens with zero attached hydrogens (tertiary/aromatic N) is 1. The van der Waals surface area contributed by atoms with Gasteiger partial charge in [0, 0.05) is 26.1 Å². The standard InChI is InChI=1S/C17H26N2O3/c1-3-22-15-7-5-14(13-16(15)21-2)6-8-17(20)19-11-4-9-18-10-12-19/h5,7,13,18H,3-4,6,8-12H2,1-2H3. The second-order valence-electron chi connectivity index (χ2n) is 5.40. The summed E-state index contributed by atoms with van der Waals surface area (Å²) in [5.41, 5.74) is 1.10. The molecule has 2 rings (SSSR count). The first-order valence-corrected chi connectivity index (χ1v) is 8.02. The first-order chi connectivity index (χ1) is 10.7. The van der Waals surface area contributed by atoms with Crippen LogP contribution in [-0.4, -0.2) is 50.7 Å². The van der Waals surface area contributed by atoms with Gasteiger partial charge in [0.1, 0.15) is 0 Å². The van der Waals surface area contributed by atoms with E-state index in [4.69, 9.17) is 9.47 Å². The molecule has 0 atom stereocenters. The van der Waals surface area contributed by atoms with Gasteiger partial charge in [0.2, 0.25) is 5.91 Å². The predicted octanol–water partition coefficient (Wildman–Crippen LogP) is 1.85. The molecule has 1 heterocycles. The molecule has 1 aliphatic heterocycles. The minimum atomic E-state index is 0.233. The molecule has 1 amide bonds. The van der Waals surface area contributed by atoms with Crippen LogP contribution in [0.2, 0.25) is 0 Å². The van der Waals surface area contributed by atoms with Crippen LogP contribution in [0.1, 0.15) is 25.3 Å². The number of nitrogens with one attached hydrogen (secondary N) is 1. The molecule has 1 saturated heterocycles. The van der Waals surface area contributed by atoms with E-state index < -0.39 is 0 Å². The first kappa shape index (κ1) is 16.6. The van der Waals surface area contributed by atoms with Gasteiger partial charge in [0.25, 0.3) is 0 Å². The fourth-order valence-electron chi connectivity index (χ4n) is 2.65. The monoisotopic (exact) mass is 306 g/mol. The maximum absolute atomic E-state index is 12.3. The highest BCUT2D eigenvalue weighted by Gasteiger charge is 2.15. The van der Waals surface area contributed by atoms with Crippen molar-refractivity contribution >= 4 is 5.91 Å². The molecule has 0 spiro atoms. The Morgan fingerprint density at radius 3 is 2.91 bits per heavy atom. The van der Waals surface area contributed by atoms with Gasteiger partial charge in [0.05, 0.1) is 13.7 Å². The van der Waals surface area contributed by atoms with Crippen LogP contribution in [0, 0.1) is 0 Å². The molecule has 0 aliphatic carbocycles. The fraction of sp³-hybridized carbons (Fsp3) is 0.588. The quantitative estimate of drug-likeness (QED) is 0.871. The first-order valence-electron chi connectivity index (χ1n) is 8.02. The van der Waals surface area contributed by atoms with E-state index in [0.29, 0.717) is 13.0 Å². The Hall–Kier alpha value is -1.75. The molecular formula is C17H26N2O3. The van der Waals surface area contributed by atoms with Crippen LogP contribution < -0.4 is 14.8 Å². The maximum atomic E-state index is 12.3. The average molecular weight is 306 g/mol. The molecule has 122 valence electrons. The van der Waals surface area contributed by atoms with E-state index in [9.17, 15) is 4.79 Å². The Balaban J connectivity index is 1.91. The van der Waals surface area contributed by atoms with Gasteiger partial charge in [-0.1, -0.05) is 6.07 Å². The van der Waals surface area contributed by atoms with E-state index in [1.165, 1.54) is 0 Å². The molecule has 0 aromatic heterocycles. The highest BCUT2D eigenvalue weighted by atomic mass is 16.5. The topological polar surface area (TPSA) is 50.8 Å². The van der Waals surface area contributed by atoms with Crippen LogP contribution in [0.5, 0.6) is 11.5 Å². The average Bonchev–Trinajstić information content (AvgIpc) is 2.83. The fourth-order valence-corrected chi connectivity index (χ4v) is 2.65. The summed E-state index contributed by atoms with van der Waals surface area (Å²) in [7, 11) is 1.64. The third-order valence-corrected chi connectivity index (χ3v) is 3.85. The predicted molar refractivity (Wildman–Crippen MR) is 86.6 cm³/mol. The van der Waals surface area contributed by atoms with Crippen molar-refractivity contribution in [1.82, 2.24) is 10.2 Å². The van der Waals surface area contributed by atoms with Gasteiger partial charge >= 0.3 is 0 Å². The smallest absolute Gasteiger partial charge is 0.222 e. The molecule has 5 nitrogen and oxygen atoms in total. The number of rotatable bonds is 6. The van der Waals surface area contributed by atoms with E-state index in [0.717, 1.165) is 56.1 Å². The molecule has 5 heteroatoms. The summed E-state index contributed by atoms with van der Waals surface area (Å²) in [5.74, 6) is 1.71. The van der Waals surface area contributed by atoms with E-state index in [1.807, 2.05) is 30.0 Å². The Morgan fingerprint density at radius 2 is 2.14 bits per heavy atom. The number of carbonyl (C=O) groups is 1. The van der Waals surface area contributed by atoms with Crippen molar-refractivity contribution in [2.75, 3.05) is 39.9 Å². The Labute approximate surface area is 132 Å². The summed E-state index contributed by atoms with van der Waals surface area (Å²) in [6.07, 6.45) is 2.30. The number of aryl methyl sites for hydroxylation is 1. The van der Waals surface area contributed by atoms with Gasteiger partial charge in [-0.2, -0.15) is 0 Å². The zero-order chi connectivity index (χ0) is 15.8. The Kier molecular flexibility index (Phi) is 6.52. The molecule has 1 N–H and O–H groups in total. The molecule has 0 bridgehead atoms. The third kappa shape index (κ3) is 4.63. The van der Waals surface area contributed by atoms with Gasteiger partial charge in [-0.05, 0) is 44.0 Å². The van der Waals surface area contributed by atoms with E-state index >= 15 is 0 Å². The molecule has 0 unspecified atom stereocenters. The number of ether oxygens (including phenoxy) is 2. The molecule has 1 fully saturated rings. The summed E-state index contributed by atoms with van der Waals surface area (Å²) in [6.45, 7) is 6.12. The summed E-state index contributed by atoms with van der Waals surface area (Å²) in [5, 5.41) is 3.31. The van der Waals surface area contributed by atoms with Crippen LogP contribution in [0.15, 0.2) is 18.2 Å². The van der Waals surface area contributed by atoms with Crippen molar-refractivity contribution in [3.8, 4) is 11.5 Å². The molecule has 1 aromatic rings. The van der Waals surface area contributed by atoms with Crippen molar-refractivity contribution in [2.24, 2.45) is 0 Å². The number of amides is 1. The summed E-state index contributed by atoms with van der Waals surface area (Å²) < 4.78 is 10.9. The van der Waals surface area contributed by atoms with Crippen molar-refractivity contribution in [1.29, 1.82) is 0 Å². The van der Waals surface area contributed by atoms with Crippen LogP contribution >= 0.6 is 0 Å². The minimum absolute atomic E-state index is 0.233. The van der Waals surface area contributed by atoms with Gasteiger partial charge in [0.15, 0.2) is 11.5 Å². The van der Waals surface area contributed by atoms with Crippen molar-refractivity contribution < 1.29 is 14.3 Å². The van der Waals surface area contributed by atoms with Crippen molar-refractivity contribution in [3.63, 3.8) is 0 Å². The lowest BCUT2D eigenvalue weighted by Gasteiger charge is -2.20. The summed E-state index contributed by atoms with van der Waals surface area (Å²) in [6, 6.07) is 5.88. The lowest BCUT2D eigenvalue weighted by Crippen LogP contribution is -2.34. The second kappa shape index (κ2) is 8.63. The third-order valence-electron chi connectivity index (χ3n) is 3.85. The molecule has 1 aliphatic rings. The van der Waals surface area contributed by atoms with Gasteiger partial charge < -0.3 is 19.7 Å². The number of hydrogen-bond acceptors (Lipinski definition) is 4. The molecule has 0 saturated carbocycles. The SMILES string of the molecule is CCOc1ccc(CCC(=O)N2CCCNCC2)cc1OC. The maximum Gasteiger partial charge on any atom is 0.222 e. The Morgan fingerprint density at radius 1 is 1.27 bits per heavy atom. The number of benzene rings is 1. The van der Waals surface area contributed by atoms with E-state index in [-0.39, 0.29) is 5.91 Å². The Bertz CT molecular complexity index is 483. The van der Waals surface area contributed by atoms with Gasteiger partial charge in [-0.3, -0.25) is 4.79 Å². The van der Waals surface area contributed by atoms with E-state index in [2.05, 4.69) is 5.32 Å². The van der Waals surface area contributed by atoms with Crippen molar-refractivity contribution in [3.05, 3.63) is 23.8 Å². The molecule has 0 radical (unpaired) electrons.